The van der Waals surface area contributed by atoms with Crippen molar-refractivity contribution in [1.82, 2.24) is 15.2 Å². The molecule has 2 aliphatic rings. The number of hydrogen-bond acceptors (Lipinski definition) is 3. The molecule has 0 saturated carbocycles. The van der Waals surface area contributed by atoms with Gasteiger partial charge in [0.25, 0.3) is 5.91 Å². The molecule has 3 aromatic rings. The second-order valence-electron chi connectivity index (χ2n) is 8.07. The number of aromatic nitrogens is 1. The maximum absolute atomic E-state index is 13.3. The standard InChI is InChI=1S/C24H25N3O3/c1-15-22(19-10-4-5-11-20(19)26-15)23-17-8-2-3-9-18(17)24(29)27(23)14-21(28)25-13-16-7-6-12-30-16/h2-5,8-11,16,23,26H,6-7,12-14H2,1H3,(H,25,28)/t16-,23+/m1/s1. The molecule has 0 bridgehead atoms. The molecule has 1 fully saturated rings. The van der Waals surface area contributed by atoms with Crippen LogP contribution in [0.5, 0.6) is 0 Å². The first-order chi connectivity index (χ1) is 14.6. The van der Waals surface area contributed by atoms with Gasteiger partial charge in [0.2, 0.25) is 5.91 Å². The molecule has 2 atom stereocenters. The summed E-state index contributed by atoms with van der Waals surface area (Å²) in [6, 6.07) is 15.5. The molecule has 5 rings (SSSR count). The number of aromatic amines is 1. The highest BCUT2D eigenvalue weighted by atomic mass is 16.5. The lowest BCUT2D eigenvalue weighted by Crippen LogP contribution is -2.41. The Labute approximate surface area is 175 Å². The molecule has 6 nitrogen and oxygen atoms in total. The number of hydrogen-bond donors (Lipinski definition) is 2. The molecule has 6 heteroatoms. The van der Waals surface area contributed by atoms with Crippen molar-refractivity contribution in [3.8, 4) is 0 Å². The largest absolute Gasteiger partial charge is 0.376 e. The van der Waals surface area contributed by atoms with E-state index in [1.54, 1.807) is 4.90 Å². The summed E-state index contributed by atoms with van der Waals surface area (Å²) in [5, 5.41) is 4.03. The van der Waals surface area contributed by atoms with E-state index in [1.807, 2.05) is 49.4 Å². The van der Waals surface area contributed by atoms with Gasteiger partial charge in [0, 0.05) is 40.9 Å². The second kappa shape index (κ2) is 7.61. The van der Waals surface area contributed by atoms with Crippen molar-refractivity contribution in [3.63, 3.8) is 0 Å². The normalized spacial score (nSPS) is 20.7. The van der Waals surface area contributed by atoms with Gasteiger partial charge in [-0.1, -0.05) is 36.4 Å². The number of carbonyl (C=O) groups is 2. The Bertz CT molecular complexity index is 1110. The number of carbonyl (C=O) groups excluding carboxylic acids is 2. The fourth-order valence-corrected chi connectivity index (χ4v) is 4.74. The van der Waals surface area contributed by atoms with Crippen LogP contribution < -0.4 is 5.32 Å². The third kappa shape index (κ3) is 3.17. The lowest BCUT2D eigenvalue weighted by atomic mass is 9.95. The van der Waals surface area contributed by atoms with Crippen LogP contribution in [-0.4, -0.2) is 47.5 Å². The van der Waals surface area contributed by atoms with Gasteiger partial charge in [0.05, 0.1) is 12.1 Å². The SMILES string of the molecule is Cc1[nH]c2ccccc2c1[C@@H]1c2ccccc2C(=O)N1CC(=O)NC[C@H]1CCCO1. The predicted molar refractivity (Wildman–Crippen MR) is 114 cm³/mol. The van der Waals surface area contributed by atoms with Gasteiger partial charge in [-0.3, -0.25) is 9.59 Å². The predicted octanol–water partition coefficient (Wildman–Crippen LogP) is 3.32. The molecule has 154 valence electrons. The zero-order chi connectivity index (χ0) is 20.7. The number of aryl methyl sites for hydroxylation is 1. The van der Waals surface area contributed by atoms with E-state index in [-0.39, 0.29) is 30.5 Å². The third-order valence-electron chi connectivity index (χ3n) is 6.14. The van der Waals surface area contributed by atoms with Gasteiger partial charge in [-0.15, -0.1) is 0 Å². The Morgan fingerprint density at radius 3 is 2.83 bits per heavy atom. The third-order valence-corrected chi connectivity index (χ3v) is 6.14. The fraction of sp³-hybridized carbons (Fsp3) is 0.333. The van der Waals surface area contributed by atoms with Gasteiger partial charge in [0.1, 0.15) is 6.54 Å². The molecule has 30 heavy (non-hydrogen) atoms. The molecule has 2 N–H and O–H groups in total. The average molecular weight is 403 g/mol. The number of nitrogens with one attached hydrogen (secondary N) is 2. The summed E-state index contributed by atoms with van der Waals surface area (Å²) in [7, 11) is 0. The summed E-state index contributed by atoms with van der Waals surface area (Å²) in [5.41, 5.74) is 4.71. The van der Waals surface area contributed by atoms with E-state index < -0.39 is 0 Å². The topological polar surface area (TPSA) is 74.4 Å². The van der Waals surface area contributed by atoms with E-state index in [0.29, 0.717) is 12.1 Å². The molecule has 0 spiro atoms. The van der Waals surface area contributed by atoms with E-state index in [1.165, 1.54) is 0 Å². The molecule has 1 aromatic heterocycles. The van der Waals surface area contributed by atoms with Crippen LogP contribution in [0.3, 0.4) is 0 Å². The molecular formula is C24H25N3O3. The zero-order valence-corrected chi connectivity index (χ0v) is 17.0. The highest BCUT2D eigenvalue weighted by Crippen LogP contribution is 2.42. The van der Waals surface area contributed by atoms with Crippen molar-refractivity contribution in [1.29, 1.82) is 0 Å². The number of fused-ring (bicyclic) bond motifs is 2. The van der Waals surface area contributed by atoms with Gasteiger partial charge in [-0.2, -0.15) is 0 Å². The smallest absolute Gasteiger partial charge is 0.255 e. The van der Waals surface area contributed by atoms with Crippen molar-refractivity contribution in [2.45, 2.75) is 31.9 Å². The first kappa shape index (κ1) is 18.9. The van der Waals surface area contributed by atoms with Gasteiger partial charge in [-0.25, -0.2) is 0 Å². The minimum absolute atomic E-state index is 0.0177. The summed E-state index contributed by atoms with van der Waals surface area (Å²) in [4.78, 5) is 31.1. The summed E-state index contributed by atoms with van der Waals surface area (Å²) in [5.74, 6) is -0.262. The lowest BCUT2D eigenvalue weighted by Gasteiger charge is -2.26. The van der Waals surface area contributed by atoms with Crippen molar-refractivity contribution in [2.75, 3.05) is 19.7 Å². The van der Waals surface area contributed by atoms with Crippen LogP contribution in [0.2, 0.25) is 0 Å². The number of nitrogens with zero attached hydrogens (tertiary/aromatic N) is 1. The number of ether oxygens (including phenoxy) is 1. The lowest BCUT2D eigenvalue weighted by molar-refractivity contribution is -0.122. The van der Waals surface area contributed by atoms with Crippen LogP contribution in [0, 0.1) is 6.92 Å². The Hall–Kier alpha value is -3.12. The Balaban J connectivity index is 1.48. The zero-order valence-electron chi connectivity index (χ0n) is 17.0. The molecule has 3 heterocycles. The quantitative estimate of drug-likeness (QED) is 0.686. The molecule has 0 unspecified atom stereocenters. The minimum Gasteiger partial charge on any atom is -0.376 e. The van der Waals surface area contributed by atoms with E-state index in [2.05, 4.69) is 16.4 Å². The van der Waals surface area contributed by atoms with Crippen LogP contribution >= 0.6 is 0 Å². The van der Waals surface area contributed by atoms with Gasteiger partial charge >= 0.3 is 0 Å². The van der Waals surface area contributed by atoms with Crippen LogP contribution in [-0.2, 0) is 9.53 Å². The van der Waals surface area contributed by atoms with E-state index in [4.69, 9.17) is 4.74 Å². The number of benzene rings is 2. The Morgan fingerprint density at radius 1 is 1.20 bits per heavy atom. The van der Waals surface area contributed by atoms with E-state index in [9.17, 15) is 9.59 Å². The van der Waals surface area contributed by atoms with Crippen molar-refractivity contribution < 1.29 is 14.3 Å². The van der Waals surface area contributed by atoms with Gasteiger partial charge in [0.15, 0.2) is 0 Å². The van der Waals surface area contributed by atoms with E-state index >= 15 is 0 Å². The first-order valence-electron chi connectivity index (χ1n) is 10.5. The number of H-pyrrole nitrogens is 1. The van der Waals surface area contributed by atoms with E-state index in [0.717, 1.165) is 47.2 Å². The summed E-state index contributed by atoms with van der Waals surface area (Å²) in [6.07, 6.45) is 2.07. The molecule has 0 aliphatic carbocycles. The Kier molecular flexibility index (Phi) is 4.79. The van der Waals surface area contributed by atoms with Crippen molar-refractivity contribution >= 4 is 22.7 Å². The highest BCUT2D eigenvalue weighted by molar-refractivity contribution is 6.02. The van der Waals surface area contributed by atoms with Crippen molar-refractivity contribution in [3.05, 3.63) is 70.9 Å². The Morgan fingerprint density at radius 2 is 2.00 bits per heavy atom. The van der Waals surface area contributed by atoms with Gasteiger partial charge in [-0.05, 0) is 37.5 Å². The monoisotopic (exact) mass is 403 g/mol. The van der Waals surface area contributed by atoms with Crippen LogP contribution in [0.1, 0.15) is 46.1 Å². The maximum atomic E-state index is 13.3. The second-order valence-corrected chi connectivity index (χ2v) is 8.07. The average Bonchev–Trinajstić information content (AvgIpc) is 3.45. The minimum atomic E-state index is -0.293. The first-order valence-corrected chi connectivity index (χ1v) is 10.5. The molecule has 2 aromatic carbocycles. The maximum Gasteiger partial charge on any atom is 0.255 e. The molecule has 2 aliphatic heterocycles. The van der Waals surface area contributed by atoms with Gasteiger partial charge < -0.3 is 19.9 Å². The van der Waals surface area contributed by atoms with Crippen LogP contribution in [0.4, 0.5) is 0 Å². The van der Waals surface area contributed by atoms with Crippen molar-refractivity contribution in [2.24, 2.45) is 0 Å². The highest BCUT2D eigenvalue weighted by Gasteiger charge is 2.40. The summed E-state index contributed by atoms with van der Waals surface area (Å²) < 4.78 is 5.59. The molecule has 0 radical (unpaired) electrons. The number of amides is 2. The summed E-state index contributed by atoms with van der Waals surface area (Å²) >= 11 is 0. The number of rotatable bonds is 5. The molecule has 2 amide bonds. The van der Waals surface area contributed by atoms with Crippen LogP contribution in [0.25, 0.3) is 10.9 Å². The molecular weight excluding hydrogens is 378 g/mol. The fourth-order valence-electron chi connectivity index (χ4n) is 4.74. The summed E-state index contributed by atoms with van der Waals surface area (Å²) in [6.45, 7) is 3.28. The number of para-hydroxylation sites is 1. The molecule has 1 saturated heterocycles. The van der Waals surface area contributed by atoms with Crippen LogP contribution in [0.15, 0.2) is 48.5 Å².